The minimum Gasteiger partial charge on any atom is -0.310 e. The molecule has 18 heavy (non-hydrogen) atoms. The number of hydrogen-bond acceptors (Lipinski definition) is 3. The lowest BCUT2D eigenvalue weighted by Gasteiger charge is -2.06. The summed E-state index contributed by atoms with van der Waals surface area (Å²) in [5.74, 6) is 0. The lowest BCUT2D eigenvalue weighted by molar-refractivity contribution is 0.544. The average Bonchev–Trinajstić information content (AvgIpc) is 2.85. The third kappa shape index (κ3) is 2.94. The maximum atomic E-state index is 6.11. The highest BCUT2D eigenvalue weighted by Crippen LogP contribution is 2.18. The lowest BCUT2D eigenvalue weighted by atomic mass is 10.3. The Balaban J connectivity index is 1.82. The zero-order valence-electron chi connectivity index (χ0n) is 11.0. The molecular formula is C13H18ClN3S. The molecule has 3 nitrogen and oxygen atoms in total. The Morgan fingerprint density at radius 2 is 2.17 bits per heavy atom. The number of rotatable bonds is 5. The van der Waals surface area contributed by atoms with Crippen LogP contribution in [0.4, 0.5) is 0 Å². The minimum absolute atomic E-state index is 0.782. The summed E-state index contributed by atoms with van der Waals surface area (Å²) in [6.07, 6.45) is 0. The third-order valence-corrected chi connectivity index (χ3v) is 4.62. The molecule has 0 amide bonds. The molecule has 0 radical (unpaired) electrons. The molecule has 0 aromatic carbocycles. The quantitative estimate of drug-likeness (QED) is 0.853. The maximum Gasteiger partial charge on any atom is 0.0844 e. The van der Waals surface area contributed by atoms with Crippen LogP contribution in [0.5, 0.6) is 0 Å². The average molecular weight is 284 g/mol. The van der Waals surface area contributed by atoms with Crippen LogP contribution in [0.1, 0.15) is 21.8 Å². The fourth-order valence-electron chi connectivity index (χ4n) is 1.86. The van der Waals surface area contributed by atoms with Gasteiger partial charge in [-0.3, -0.25) is 4.68 Å². The van der Waals surface area contributed by atoms with Crippen molar-refractivity contribution < 1.29 is 0 Å². The van der Waals surface area contributed by atoms with Gasteiger partial charge in [-0.2, -0.15) is 5.10 Å². The third-order valence-electron chi connectivity index (χ3n) is 3.05. The van der Waals surface area contributed by atoms with E-state index in [1.807, 2.05) is 18.5 Å². The van der Waals surface area contributed by atoms with Crippen molar-refractivity contribution in [3.63, 3.8) is 0 Å². The fraction of sp³-hybridized carbons (Fsp3) is 0.462. The molecule has 0 aliphatic heterocycles. The van der Waals surface area contributed by atoms with Gasteiger partial charge in [-0.15, -0.1) is 11.3 Å². The van der Waals surface area contributed by atoms with Gasteiger partial charge in [0, 0.05) is 18.0 Å². The predicted octanol–water partition coefficient (Wildman–Crippen LogP) is 3.31. The molecule has 2 rings (SSSR count). The summed E-state index contributed by atoms with van der Waals surface area (Å²) in [6.45, 7) is 8.77. The molecule has 1 N–H and O–H groups in total. The van der Waals surface area contributed by atoms with Crippen LogP contribution in [0.25, 0.3) is 0 Å². The molecule has 0 spiro atoms. The van der Waals surface area contributed by atoms with Crippen molar-refractivity contribution in [1.82, 2.24) is 15.1 Å². The van der Waals surface area contributed by atoms with E-state index in [2.05, 4.69) is 28.8 Å². The second-order valence-electron chi connectivity index (χ2n) is 4.41. The molecule has 2 aromatic heterocycles. The topological polar surface area (TPSA) is 29.9 Å². The number of aryl methyl sites for hydroxylation is 2. The zero-order valence-corrected chi connectivity index (χ0v) is 12.5. The van der Waals surface area contributed by atoms with Crippen molar-refractivity contribution in [2.45, 2.75) is 33.9 Å². The summed E-state index contributed by atoms with van der Waals surface area (Å²) in [5.41, 5.74) is 3.31. The van der Waals surface area contributed by atoms with Crippen molar-refractivity contribution in [2.75, 3.05) is 6.54 Å². The number of aromatic nitrogens is 2. The summed E-state index contributed by atoms with van der Waals surface area (Å²) in [6, 6.07) is 2.16. The van der Waals surface area contributed by atoms with Gasteiger partial charge in [-0.25, -0.2) is 0 Å². The van der Waals surface area contributed by atoms with E-state index in [4.69, 9.17) is 11.6 Å². The molecule has 0 saturated heterocycles. The first kappa shape index (κ1) is 13.6. The number of nitrogens with one attached hydrogen (secondary N) is 1. The van der Waals surface area contributed by atoms with Crippen LogP contribution in [0.15, 0.2) is 11.4 Å². The van der Waals surface area contributed by atoms with Crippen molar-refractivity contribution >= 4 is 22.9 Å². The van der Waals surface area contributed by atoms with Gasteiger partial charge in [-0.1, -0.05) is 11.6 Å². The van der Waals surface area contributed by atoms with Crippen molar-refractivity contribution in [1.29, 1.82) is 0 Å². The predicted molar refractivity (Wildman–Crippen MR) is 77.5 cm³/mol. The number of hydrogen-bond donors (Lipinski definition) is 1. The molecular weight excluding hydrogens is 266 g/mol. The molecule has 2 heterocycles. The van der Waals surface area contributed by atoms with Crippen molar-refractivity contribution in [2.24, 2.45) is 0 Å². The fourth-order valence-corrected chi connectivity index (χ4v) is 2.88. The Hall–Kier alpha value is -0.840. The highest BCUT2D eigenvalue weighted by Gasteiger charge is 2.08. The van der Waals surface area contributed by atoms with Crippen LogP contribution < -0.4 is 5.32 Å². The molecule has 0 aliphatic rings. The molecule has 98 valence electrons. The van der Waals surface area contributed by atoms with Gasteiger partial charge < -0.3 is 5.32 Å². The number of thiophene rings is 1. The SMILES string of the molecule is Cc1ccsc1CNCCn1nc(C)c(Cl)c1C. The maximum absolute atomic E-state index is 6.11. The van der Waals surface area contributed by atoms with E-state index in [0.29, 0.717) is 0 Å². The Morgan fingerprint density at radius 3 is 2.72 bits per heavy atom. The molecule has 5 heteroatoms. The van der Waals surface area contributed by atoms with E-state index < -0.39 is 0 Å². The monoisotopic (exact) mass is 283 g/mol. The summed E-state index contributed by atoms with van der Waals surface area (Å²) < 4.78 is 1.96. The second kappa shape index (κ2) is 5.87. The van der Waals surface area contributed by atoms with E-state index in [1.54, 1.807) is 11.3 Å². The minimum atomic E-state index is 0.782. The zero-order chi connectivity index (χ0) is 13.1. The molecule has 0 aliphatic carbocycles. The largest absolute Gasteiger partial charge is 0.310 e. The van der Waals surface area contributed by atoms with Gasteiger partial charge in [-0.05, 0) is 37.8 Å². The first-order chi connectivity index (χ1) is 8.59. The Morgan fingerprint density at radius 1 is 1.39 bits per heavy atom. The van der Waals surface area contributed by atoms with Gasteiger partial charge in [0.1, 0.15) is 0 Å². The molecule has 0 fully saturated rings. The van der Waals surface area contributed by atoms with Crippen LogP contribution in [-0.2, 0) is 13.1 Å². The summed E-state index contributed by atoms with van der Waals surface area (Å²) in [5, 5.41) is 10.8. The molecule has 2 aromatic rings. The standard InChI is InChI=1S/C13H18ClN3S/c1-9-4-7-18-12(9)8-15-5-6-17-11(3)13(14)10(2)16-17/h4,7,15H,5-6,8H2,1-3H3. The highest BCUT2D eigenvalue weighted by atomic mass is 35.5. The normalized spacial score (nSPS) is 11.1. The van der Waals surface area contributed by atoms with Crippen LogP contribution in [0, 0.1) is 20.8 Å². The smallest absolute Gasteiger partial charge is 0.0844 e. The highest BCUT2D eigenvalue weighted by molar-refractivity contribution is 7.10. The van der Waals surface area contributed by atoms with Gasteiger partial charge in [0.25, 0.3) is 0 Å². The molecule has 0 atom stereocenters. The van der Waals surface area contributed by atoms with Gasteiger partial charge in [0.05, 0.1) is 23.0 Å². The summed E-state index contributed by atoms with van der Waals surface area (Å²) in [7, 11) is 0. The van der Waals surface area contributed by atoms with Crippen molar-refractivity contribution in [3.05, 3.63) is 38.3 Å². The Labute approximate surface area is 117 Å². The van der Waals surface area contributed by atoms with E-state index in [9.17, 15) is 0 Å². The van der Waals surface area contributed by atoms with Gasteiger partial charge >= 0.3 is 0 Å². The molecule has 0 unspecified atom stereocenters. The second-order valence-corrected chi connectivity index (χ2v) is 5.79. The van der Waals surface area contributed by atoms with Crippen molar-refractivity contribution in [3.8, 4) is 0 Å². The van der Waals surface area contributed by atoms with Crippen LogP contribution in [0.2, 0.25) is 5.02 Å². The Bertz CT molecular complexity index is 530. The first-order valence-electron chi connectivity index (χ1n) is 6.02. The van der Waals surface area contributed by atoms with E-state index in [0.717, 1.165) is 36.0 Å². The van der Waals surface area contributed by atoms with E-state index in [-0.39, 0.29) is 0 Å². The first-order valence-corrected chi connectivity index (χ1v) is 7.28. The lowest BCUT2D eigenvalue weighted by Crippen LogP contribution is -2.20. The molecule has 0 bridgehead atoms. The Kier molecular flexibility index (Phi) is 4.43. The summed E-state index contributed by atoms with van der Waals surface area (Å²) >= 11 is 7.91. The molecule has 0 saturated carbocycles. The van der Waals surface area contributed by atoms with Crippen LogP contribution in [-0.4, -0.2) is 16.3 Å². The van der Waals surface area contributed by atoms with Gasteiger partial charge in [0.15, 0.2) is 0 Å². The van der Waals surface area contributed by atoms with E-state index >= 15 is 0 Å². The summed E-state index contributed by atoms with van der Waals surface area (Å²) in [4.78, 5) is 1.40. The van der Waals surface area contributed by atoms with Crippen LogP contribution >= 0.6 is 22.9 Å². The number of nitrogens with zero attached hydrogens (tertiary/aromatic N) is 2. The van der Waals surface area contributed by atoms with E-state index in [1.165, 1.54) is 10.4 Å². The van der Waals surface area contributed by atoms with Crippen LogP contribution in [0.3, 0.4) is 0 Å². The van der Waals surface area contributed by atoms with Gasteiger partial charge in [0.2, 0.25) is 0 Å². The number of halogens is 1.